The highest BCUT2D eigenvalue weighted by atomic mass is 79.9. The zero-order valence-electron chi connectivity index (χ0n) is 10.2. The molecule has 1 aromatic carbocycles. The number of carboxylic acid groups (broad SMARTS) is 1. The number of benzene rings is 1. The minimum absolute atomic E-state index is 0.140. The van der Waals surface area contributed by atoms with Crippen LogP contribution in [0.2, 0.25) is 0 Å². The Kier molecular flexibility index (Phi) is 4.37. The first kappa shape index (κ1) is 14.1. The van der Waals surface area contributed by atoms with Crippen molar-refractivity contribution < 1.29 is 19.1 Å². The third-order valence-corrected chi connectivity index (χ3v) is 3.07. The van der Waals surface area contributed by atoms with E-state index in [2.05, 4.69) is 21.2 Å². The standard InChI is InChI=1S/C14H10BrNO4/c15-11-8-9(14(18)19)3-5-12(11)16-13(17)6-4-10-2-1-7-20-10/h1-8H,(H,16,17)(H,18,19). The van der Waals surface area contributed by atoms with Gasteiger partial charge in [-0.25, -0.2) is 4.79 Å². The van der Waals surface area contributed by atoms with Crippen LogP contribution in [0.1, 0.15) is 16.1 Å². The molecule has 20 heavy (non-hydrogen) atoms. The molecule has 5 nitrogen and oxygen atoms in total. The van der Waals surface area contributed by atoms with Crippen LogP contribution in [-0.4, -0.2) is 17.0 Å². The van der Waals surface area contributed by atoms with Gasteiger partial charge in [-0.3, -0.25) is 4.79 Å². The topological polar surface area (TPSA) is 79.5 Å². The second-order valence-electron chi connectivity index (χ2n) is 3.84. The fourth-order valence-corrected chi connectivity index (χ4v) is 1.95. The molecule has 1 aromatic heterocycles. The molecule has 2 aromatic rings. The lowest BCUT2D eigenvalue weighted by molar-refractivity contribution is -0.111. The van der Waals surface area contributed by atoms with Gasteiger partial charge in [0, 0.05) is 10.5 Å². The summed E-state index contributed by atoms with van der Waals surface area (Å²) in [5.74, 6) is -0.799. The van der Waals surface area contributed by atoms with Crippen LogP contribution in [0.5, 0.6) is 0 Å². The van der Waals surface area contributed by atoms with E-state index in [-0.39, 0.29) is 11.5 Å². The molecular weight excluding hydrogens is 326 g/mol. The Morgan fingerprint density at radius 3 is 2.70 bits per heavy atom. The molecule has 0 saturated carbocycles. The monoisotopic (exact) mass is 335 g/mol. The van der Waals surface area contributed by atoms with E-state index >= 15 is 0 Å². The number of furan rings is 1. The molecule has 1 amide bonds. The Hall–Kier alpha value is -2.34. The fourth-order valence-electron chi connectivity index (χ4n) is 1.47. The van der Waals surface area contributed by atoms with Crippen molar-refractivity contribution in [3.63, 3.8) is 0 Å². The van der Waals surface area contributed by atoms with Gasteiger partial charge < -0.3 is 14.8 Å². The Bertz CT molecular complexity index is 662. The van der Waals surface area contributed by atoms with Gasteiger partial charge in [0.2, 0.25) is 5.91 Å². The van der Waals surface area contributed by atoms with Crippen LogP contribution in [0.3, 0.4) is 0 Å². The van der Waals surface area contributed by atoms with E-state index in [0.29, 0.717) is 15.9 Å². The quantitative estimate of drug-likeness (QED) is 0.839. The van der Waals surface area contributed by atoms with Crippen LogP contribution in [0, 0.1) is 0 Å². The van der Waals surface area contributed by atoms with Gasteiger partial charge in [0.15, 0.2) is 0 Å². The van der Waals surface area contributed by atoms with E-state index in [1.807, 2.05) is 0 Å². The van der Waals surface area contributed by atoms with Crippen molar-refractivity contribution in [3.8, 4) is 0 Å². The van der Waals surface area contributed by atoms with E-state index in [0.717, 1.165) is 0 Å². The summed E-state index contributed by atoms with van der Waals surface area (Å²) in [4.78, 5) is 22.5. The minimum Gasteiger partial charge on any atom is -0.478 e. The third-order valence-electron chi connectivity index (χ3n) is 2.42. The summed E-state index contributed by atoms with van der Waals surface area (Å²) in [6.45, 7) is 0. The van der Waals surface area contributed by atoms with Crippen LogP contribution in [0.4, 0.5) is 5.69 Å². The molecule has 0 aliphatic rings. The minimum atomic E-state index is -1.03. The average Bonchev–Trinajstić information content (AvgIpc) is 2.91. The number of aromatic carboxylic acids is 1. The molecule has 0 spiro atoms. The fraction of sp³-hybridized carbons (Fsp3) is 0. The number of carbonyl (C=O) groups is 2. The van der Waals surface area contributed by atoms with Crippen molar-refractivity contribution in [2.75, 3.05) is 5.32 Å². The molecule has 0 aliphatic heterocycles. The smallest absolute Gasteiger partial charge is 0.335 e. The molecule has 0 unspecified atom stereocenters. The average molecular weight is 336 g/mol. The second-order valence-corrected chi connectivity index (χ2v) is 4.69. The molecule has 0 radical (unpaired) electrons. The molecular formula is C14H10BrNO4. The first-order valence-electron chi connectivity index (χ1n) is 5.61. The SMILES string of the molecule is O=C(C=Cc1ccco1)Nc1ccc(C(=O)O)cc1Br. The summed E-state index contributed by atoms with van der Waals surface area (Å²) in [6, 6.07) is 7.81. The molecule has 0 aliphatic carbocycles. The summed E-state index contributed by atoms with van der Waals surface area (Å²) >= 11 is 3.21. The van der Waals surface area contributed by atoms with E-state index in [1.54, 1.807) is 12.1 Å². The molecule has 0 saturated heterocycles. The number of rotatable bonds is 4. The van der Waals surface area contributed by atoms with Gasteiger partial charge in [-0.05, 0) is 52.3 Å². The van der Waals surface area contributed by atoms with Gasteiger partial charge in [0.1, 0.15) is 5.76 Å². The molecule has 6 heteroatoms. The summed E-state index contributed by atoms with van der Waals surface area (Å²) in [5.41, 5.74) is 0.630. The van der Waals surface area contributed by atoms with Crippen molar-refractivity contribution in [3.05, 3.63) is 58.5 Å². The zero-order chi connectivity index (χ0) is 14.5. The van der Waals surface area contributed by atoms with Crippen molar-refractivity contribution in [1.29, 1.82) is 0 Å². The zero-order valence-corrected chi connectivity index (χ0v) is 11.8. The highest BCUT2D eigenvalue weighted by molar-refractivity contribution is 9.10. The Morgan fingerprint density at radius 1 is 1.30 bits per heavy atom. The Labute approximate surface area is 123 Å². The predicted octanol–water partition coefficient (Wildman–Crippen LogP) is 3.39. The third kappa shape index (κ3) is 3.58. The maximum absolute atomic E-state index is 11.7. The van der Waals surface area contributed by atoms with Gasteiger partial charge in [0.25, 0.3) is 0 Å². The lowest BCUT2D eigenvalue weighted by atomic mass is 10.2. The summed E-state index contributed by atoms with van der Waals surface area (Å²) in [7, 11) is 0. The summed E-state index contributed by atoms with van der Waals surface area (Å²) < 4.78 is 5.56. The number of halogens is 1. The van der Waals surface area contributed by atoms with Crippen molar-refractivity contribution in [2.45, 2.75) is 0 Å². The van der Waals surface area contributed by atoms with Crippen molar-refractivity contribution in [2.24, 2.45) is 0 Å². The first-order chi connectivity index (χ1) is 9.56. The van der Waals surface area contributed by atoms with E-state index in [9.17, 15) is 9.59 Å². The largest absolute Gasteiger partial charge is 0.478 e. The van der Waals surface area contributed by atoms with Gasteiger partial charge in [-0.2, -0.15) is 0 Å². The maximum atomic E-state index is 11.7. The number of carbonyl (C=O) groups excluding carboxylic acids is 1. The van der Waals surface area contributed by atoms with Crippen molar-refractivity contribution in [1.82, 2.24) is 0 Å². The highest BCUT2D eigenvalue weighted by Crippen LogP contribution is 2.23. The number of hydrogen-bond acceptors (Lipinski definition) is 3. The lowest BCUT2D eigenvalue weighted by Crippen LogP contribution is -2.08. The number of nitrogens with one attached hydrogen (secondary N) is 1. The number of hydrogen-bond donors (Lipinski definition) is 2. The van der Waals surface area contributed by atoms with Crippen LogP contribution >= 0.6 is 15.9 Å². The van der Waals surface area contributed by atoms with Crippen molar-refractivity contribution >= 4 is 39.6 Å². The van der Waals surface area contributed by atoms with E-state index < -0.39 is 5.97 Å². The van der Waals surface area contributed by atoms with Gasteiger partial charge in [-0.15, -0.1) is 0 Å². The van der Waals surface area contributed by atoms with Crippen LogP contribution in [0.25, 0.3) is 6.08 Å². The van der Waals surface area contributed by atoms with Crippen LogP contribution in [0.15, 0.2) is 51.6 Å². The van der Waals surface area contributed by atoms with Gasteiger partial charge >= 0.3 is 5.97 Å². The molecule has 102 valence electrons. The number of anilines is 1. The summed E-state index contributed by atoms with van der Waals surface area (Å²) in [5, 5.41) is 11.5. The molecule has 0 bridgehead atoms. The summed E-state index contributed by atoms with van der Waals surface area (Å²) in [6.07, 6.45) is 4.38. The van der Waals surface area contributed by atoms with Crippen LogP contribution in [-0.2, 0) is 4.79 Å². The normalized spacial score (nSPS) is 10.7. The van der Waals surface area contributed by atoms with E-state index in [4.69, 9.17) is 9.52 Å². The van der Waals surface area contributed by atoms with Gasteiger partial charge in [0.05, 0.1) is 17.5 Å². The second kappa shape index (κ2) is 6.21. The van der Waals surface area contributed by atoms with E-state index in [1.165, 1.54) is 36.6 Å². The molecule has 2 N–H and O–H groups in total. The lowest BCUT2D eigenvalue weighted by Gasteiger charge is -2.05. The number of carboxylic acids is 1. The molecule has 2 rings (SSSR count). The highest BCUT2D eigenvalue weighted by Gasteiger charge is 2.08. The number of amides is 1. The molecule has 0 atom stereocenters. The molecule has 1 heterocycles. The Balaban J connectivity index is 2.06. The maximum Gasteiger partial charge on any atom is 0.335 e. The van der Waals surface area contributed by atoms with Gasteiger partial charge in [-0.1, -0.05) is 0 Å². The predicted molar refractivity (Wildman–Crippen MR) is 77.5 cm³/mol. The van der Waals surface area contributed by atoms with Crippen LogP contribution < -0.4 is 5.32 Å². The Morgan fingerprint density at radius 2 is 2.10 bits per heavy atom. The first-order valence-corrected chi connectivity index (χ1v) is 6.41. The molecule has 0 fully saturated rings.